The highest BCUT2D eigenvalue weighted by molar-refractivity contribution is 6.09. The van der Waals surface area contributed by atoms with Gasteiger partial charge in [-0.05, 0) is 82.9 Å². The highest BCUT2D eigenvalue weighted by Gasteiger charge is 2.22. The Morgan fingerprint density at radius 2 is 1.00 bits per heavy atom. The standard InChI is InChI=1S/C56H37N5O/c1-4-18-39(19-5-1)45-27-17-28-46(40-20-6-2-7-21-40)55(45)59-38-58(52-32-14-15-33-53(52)59)42-24-16-25-43(36-42)62-44-34-35-48-47-26-10-12-30-50(47)61(54(48)37-44)56-57-49-29-11-13-31-51(49)60(56)41-22-8-3-9-23-41/h1-37H. The summed E-state index contributed by atoms with van der Waals surface area (Å²) in [4.78, 5) is 5.26. The maximum absolute atomic E-state index is 6.79. The van der Waals surface area contributed by atoms with E-state index in [-0.39, 0.29) is 0 Å². The maximum atomic E-state index is 6.79. The number of benzene rings is 9. The van der Waals surface area contributed by atoms with Crippen LogP contribution in [0.5, 0.6) is 11.5 Å². The van der Waals surface area contributed by atoms with E-state index in [1.54, 1.807) is 0 Å². The number of imidazole rings is 2. The summed E-state index contributed by atoms with van der Waals surface area (Å²) in [6.07, 6.45) is 3.79. The molecule has 3 heterocycles. The van der Waals surface area contributed by atoms with Crippen LogP contribution in [-0.4, -0.2) is 18.7 Å². The van der Waals surface area contributed by atoms with Gasteiger partial charge in [-0.2, -0.15) is 0 Å². The number of ether oxygens (including phenoxy) is 1. The molecule has 0 radical (unpaired) electrons. The SMILES string of the molecule is [c-]1n(-c2cccc(Oc3ccc4c5ccccc5n(-c5nc6ccccc6n5-c5ccccc5)c4c3)c2)c2ccccc2[n+]1-c1c(-c2ccccc2)cccc1-c1ccccc1. The third kappa shape index (κ3) is 5.88. The van der Waals surface area contributed by atoms with Crippen LogP contribution in [0.4, 0.5) is 0 Å². The predicted molar refractivity (Wildman–Crippen MR) is 250 cm³/mol. The topological polar surface area (TPSA) is 40.8 Å². The Kier molecular flexibility index (Phi) is 8.38. The summed E-state index contributed by atoms with van der Waals surface area (Å²) in [5, 5.41) is 2.27. The molecule has 0 saturated heterocycles. The molecule has 12 rings (SSSR count). The number of hydrogen-bond acceptors (Lipinski definition) is 2. The molecule has 12 aromatic rings. The molecule has 0 bridgehead atoms. The number of hydrogen-bond donors (Lipinski definition) is 0. The molecule has 0 N–H and O–H groups in total. The van der Waals surface area contributed by atoms with Gasteiger partial charge in [-0.1, -0.05) is 158 Å². The average molecular weight is 796 g/mol. The Labute approximate surface area is 358 Å². The van der Waals surface area contributed by atoms with Gasteiger partial charge in [-0.3, -0.25) is 18.3 Å². The molecule has 6 heteroatoms. The Morgan fingerprint density at radius 1 is 0.419 bits per heavy atom. The Balaban J connectivity index is 0.987. The average Bonchev–Trinajstić information content (AvgIpc) is 4.02. The molecule has 3 aromatic heterocycles. The Hall–Kier alpha value is -8.48. The third-order valence-electron chi connectivity index (χ3n) is 11.7. The zero-order chi connectivity index (χ0) is 41.0. The number of para-hydroxylation sites is 7. The fourth-order valence-corrected chi connectivity index (χ4v) is 8.95. The zero-order valence-electron chi connectivity index (χ0n) is 33.5. The van der Waals surface area contributed by atoms with Gasteiger partial charge in [-0.15, -0.1) is 0 Å². The lowest BCUT2D eigenvalue weighted by atomic mass is 9.95. The summed E-state index contributed by atoms with van der Waals surface area (Å²) in [6, 6.07) is 78.1. The van der Waals surface area contributed by atoms with Crippen molar-refractivity contribution in [2.45, 2.75) is 0 Å². The van der Waals surface area contributed by atoms with Gasteiger partial charge in [-0.25, -0.2) is 4.98 Å². The molecular formula is C56H37N5O. The number of nitrogens with zero attached hydrogens (tertiary/aromatic N) is 5. The molecule has 0 aliphatic heterocycles. The van der Waals surface area contributed by atoms with E-state index < -0.39 is 0 Å². The summed E-state index contributed by atoms with van der Waals surface area (Å²) in [6.45, 7) is 0. The van der Waals surface area contributed by atoms with Crippen LogP contribution in [0.3, 0.4) is 0 Å². The van der Waals surface area contributed by atoms with E-state index in [9.17, 15) is 0 Å². The van der Waals surface area contributed by atoms with Crippen molar-refractivity contribution in [3.63, 3.8) is 0 Å². The van der Waals surface area contributed by atoms with Gasteiger partial charge in [0, 0.05) is 22.5 Å². The van der Waals surface area contributed by atoms with Crippen molar-refractivity contribution in [3.05, 3.63) is 231 Å². The van der Waals surface area contributed by atoms with Crippen LogP contribution >= 0.6 is 0 Å². The van der Waals surface area contributed by atoms with Crippen molar-refractivity contribution in [1.82, 2.24) is 18.7 Å². The number of fused-ring (bicyclic) bond motifs is 5. The molecule has 62 heavy (non-hydrogen) atoms. The minimum Gasteiger partial charge on any atom is -0.458 e. The lowest BCUT2D eigenvalue weighted by Gasteiger charge is -2.17. The second-order valence-electron chi connectivity index (χ2n) is 15.4. The normalized spacial score (nSPS) is 11.5. The molecule has 292 valence electrons. The largest absolute Gasteiger partial charge is 0.458 e. The first-order valence-corrected chi connectivity index (χ1v) is 20.8. The molecule has 0 unspecified atom stereocenters. The van der Waals surface area contributed by atoms with Crippen LogP contribution in [0, 0.1) is 6.33 Å². The minimum atomic E-state index is 0.716. The van der Waals surface area contributed by atoms with Crippen LogP contribution in [0.1, 0.15) is 0 Å². The fourth-order valence-electron chi connectivity index (χ4n) is 8.95. The van der Waals surface area contributed by atoms with Crippen LogP contribution in [0.25, 0.3) is 89.1 Å². The summed E-state index contributed by atoms with van der Waals surface area (Å²) in [5.41, 5.74) is 13.7. The van der Waals surface area contributed by atoms with E-state index in [2.05, 4.69) is 225 Å². The van der Waals surface area contributed by atoms with Crippen LogP contribution in [0.2, 0.25) is 0 Å². The van der Waals surface area contributed by atoms with Crippen molar-refractivity contribution in [1.29, 1.82) is 0 Å². The number of aromatic nitrogens is 5. The third-order valence-corrected chi connectivity index (χ3v) is 11.7. The zero-order valence-corrected chi connectivity index (χ0v) is 33.5. The first-order chi connectivity index (χ1) is 30.8. The minimum absolute atomic E-state index is 0.716. The van der Waals surface area contributed by atoms with Crippen molar-refractivity contribution >= 4 is 43.9 Å². The molecule has 0 aliphatic rings. The monoisotopic (exact) mass is 795 g/mol. The van der Waals surface area contributed by atoms with E-state index in [1.165, 1.54) is 0 Å². The van der Waals surface area contributed by atoms with Crippen molar-refractivity contribution in [2.24, 2.45) is 0 Å². The van der Waals surface area contributed by atoms with Gasteiger partial charge < -0.3 is 4.74 Å². The van der Waals surface area contributed by atoms with Gasteiger partial charge in [0.15, 0.2) is 0 Å². The quantitative estimate of drug-likeness (QED) is 0.114. The Bertz CT molecular complexity index is 3550. The summed E-state index contributed by atoms with van der Waals surface area (Å²) in [5.74, 6) is 2.26. The maximum Gasteiger partial charge on any atom is 0.269 e. The first kappa shape index (κ1) is 35.5. The predicted octanol–water partition coefficient (Wildman–Crippen LogP) is 13.3. The van der Waals surface area contributed by atoms with Gasteiger partial charge in [0.2, 0.25) is 5.95 Å². The van der Waals surface area contributed by atoms with E-state index in [0.717, 1.165) is 94.9 Å². The molecule has 0 atom stereocenters. The summed E-state index contributed by atoms with van der Waals surface area (Å²) in [7, 11) is 0. The van der Waals surface area contributed by atoms with E-state index in [0.29, 0.717) is 5.75 Å². The molecule has 0 amide bonds. The number of rotatable bonds is 8. The molecular weight excluding hydrogens is 759 g/mol. The molecule has 9 aromatic carbocycles. The van der Waals surface area contributed by atoms with Crippen molar-refractivity contribution in [3.8, 4) is 56.8 Å². The molecule has 0 fully saturated rings. The molecule has 6 nitrogen and oxygen atoms in total. The van der Waals surface area contributed by atoms with E-state index in [4.69, 9.17) is 9.72 Å². The second kappa shape index (κ2) is 14.7. The summed E-state index contributed by atoms with van der Waals surface area (Å²) < 4.78 is 15.6. The fraction of sp³-hybridized carbons (Fsp3) is 0. The first-order valence-electron chi connectivity index (χ1n) is 20.8. The molecule has 0 spiro atoms. The highest BCUT2D eigenvalue weighted by atomic mass is 16.5. The lowest BCUT2D eigenvalue weighted by molar-refractivity contribution is -0.571. The molecule has 0 aliphatic carbocycles. The summed E-state index contributed by atoms with van der Waals surface area (Å²) >= 11 is 0. The van der Waals surface area contributed by atoms with Gasteiger partial charge in [0.1, 0.15) is 11.5 Å². The van der Waals surface area contributed by atoms with Gasteiger partial charge >= 0.3 is 0 Å². The molecule has 0 saturated carbocycles. The van der Waals surface area contributed by atoms with Crippen molar-refractivity contribution in [2.75, 3.05) is 0 Å². The highest BCUT2D eigenvalue weighted by Crippen LogP contribution is 2.38. The van der Waals surface area contributed by atoms with Crippen LogP contribution in [0.15, 0.2) is 224 Å². The van der Waals surface area contributed by atoms with Gasteiger partial charge in [0.05, 0.1) is 44.5 Å². The van der Waals surface area contributed by atoms with E-state index >= 15 is 0 Å². The van der Waals surface area contributed by atoms with Crippen LogP contribution < -0.4 is 9.30 Å². The van der Waals surface area contributed by atoms with Gasteiger partial charge in [0.25, 0.3) is 6.33 Å². The Morgan fingerprint density at radius 3 is 1.76 bits per heavy atom. The lowest BCUT2D eigenvalue weighted by Crippen LogP contribution is -2.31. The smallest absolute Gasteiger partial charge is 0.269 e. The van der Waals surface area contributed by atoms with Crippen LogP contribution in [-0.2, 0) is 0 Å². The van der Waals surface area contributed by atoms with Crippen molar-refractivity contribution < 1.29 is 9.30 Å². The van der Waals surface area contributed by atoms with E-state index in [1.807, 2.05) is 24.3 Å². The second-order valence-corrected chi connectivity index (χ2v) is 15.4.